The highest BCUT2D eigenvalue weighted by molar-refractivity contribution is 7.91. The van der Waals surface area contributed by atoms with Gasteiger partial charge in [0.1, 0.15) is 16.0 Å². The van der Waals surface area contributed by atoms with E-state index in [1.165, 1.54) is 18.4 Å². The standard InChI is InChI=1S/C27H31ClF2N4O2S2/c1-18-5-8-21(9-6-18)38(36,31-2)34-15-3-4-23(34)25(35)33(20-11-13-27(29,30)14-12-20)17-19-7-10-24-22(16-19)32-26(28)37-24/h5-10,16,20,23H,3-4,11-15,17H2,1-2H3/t23-,38+/m0/s1. The Morgan fingerprint density at radius 2 is 1.92 bits per heavy atom. The second kappa shape index (κ2) is 10.8. The molecule has 0 N–H and O–H groups in total. The largest absolute Gasteiger partial charge is 0.334 e. The molecule has 0 spiro atoms. The zero-order valence-corrected chi connectivity index (χ0v) is 23.8. The molecule has 2 heterocycles. The quantitative estimate of drug-likeness (QED) is 0.326. The summed E-state index contributed by atoms with van der Waals surface area (Å²) in [5, 5.41) is 0. The Kier molecular flexibility index (Phi) is 7.79. The Morgan fingerprint density at radius 3 is 2.61 bits per heavy atom. The number of alkyl halides is 2. The summed E-state index contributed by atoms with van der Waals surface area (Å²) in [6.45, 7) is 2.69. The number of thiazole rings is 1. The van der Waals surface area contributed by atoms with Crippen molar-refractivity contribution < 1.29 is 17.8 Å². The molecule has 2 aliphatic rings. The minimum absolute atomic E-state index is 0.183. The van der Waals surface area contributed by atoms with Gasteiger partial charge >= 0.3 is 0 Å². The normalized spacial score (nSPS) is 21.9. The number of hydrogen-bond acceptors (Lipinski definition) is 5. The van der Waals surface area contributed by atoms with Gasteiger partial charge < -0.3 is 4.90 Å². The van der Waals surface area contributed by atoms with Crippen molar-refractivity contribution in [2.75, 3.05) is 13.6 Å². The van der Waals surface area contributed by atoms with E-state index in [9.17, 15) is 17.8 Å². The molecule has 1 aliphatic carbocycles. The van der Waals surface area contributed by atoms with Crippen LogP contribution >= 0.6 is 22.9 Å². The van der Waals surface area contributed by atoms with Crippen LogP contribution in [0.2, 0.25) is 4.47 Å². The smallest absolute Gasteiger partial charge is 0.248 e. The van der Waals surface area contributed by atoms with Crippen LogP contribution in [0, 0.1) is 6.92 Å². The van der Waals surface area contributed by atoms with E-state index in [1.54, 1.807) is 21.3 Å². The summed E-state index contributed by atoms with van der Waals surface area (Å²) in [7, 11) is -1.48. The summed E-state index contributed by atoms with van der Waals surface area (Å²) in [5.74, 6) is -2.89. The predicted molar refractivity (Wildman–Crippen MR) is 148 cm³/mol. The maximum Gasteiger partial charge on any atom is 0.248 e. The van der Waals surface area contributed by atoms with Crippen LogP contribution in [-0.2, 0) is 21.3 Å². The molecule has 0 unspecified atom stereocenters. The lowest BCUT2D eigenvalue weighted by Crippen LogP contribution is -2.52. The first-order valence-corrected chi connectivity index (χ1v) is 15.5. The summed E-state index contributed by atoms with van der Waals surface area (Å²) in [6, 6.07) is 12.2. The molecule has 2 aromatic carbocycles. The molecule has 38 heavy (non-hydrogen) atoms. The molecule has 1 saturated heterocycles. The Morgan fingerprint density at radius 1 is 1.21 bits per heavy atom. The lowest BCUT2D eigenvalue weighted by molar-refractivity contribution is -0.141. The van der Waals surface area contributed by atoms with Crippen LogP contribution in [0.25, 0.3) is 10.2 Å². The molecule has 1 saturated carbocycles. The van der Waals surface area contributed by atoms with E-state index in [2.05, 4.69) is 9.35 Å². The van der Waals surface area contributed by atoms with Gasteiger partial charge in [0, 0.05) is 39.0 Å². The minimum Gasteiger partial charge on any atom is -0.334 e. The van der Waals surface area contributed by atoms with E-state index in [1.807, 2.05) is 37.3 Å². The maximum absolute atomic E-state index is 14.2. The number of carbonyl (C=O) groups excluding carboxylic acids is 1. The Balaban J connectivity index is 1.47. The molecule has 2 fully saturated rings. The van der Waals surface area contributed by atoms with Crippen LogP contribution in [-0.4, -0.2) is 55.9 Å². The molecule has 204 valence electrons. The van der Waals surface area contributed by atoms with E-state index in [0.717, 1.165) is 21.3 Å². The summed E-state index contributed by atoms with van der Waals surface area (Å²) in [4.78, 5) is 20.9. The van der Waals surface area contributed by atoms with Gasteiger partial charge in [0.05, 0.1) is 15.1 Å². The second-order valence-electron chi connectivity index (χ2n) is 10.1. The first-order valence-electron chi connectivity index (χ1n) is 12.8. The molecule has 1 amide bonds. The molecule has 0 radical (unpaired) electrons. The summed E-state index contributed by atoms with van der Waals surface area (Å²) in [5.41, 5.74) is 2.64. The van der Waals surface area contributed by atoms with Crippen LogP contribution in [0.5, 0.6) is 0 Å². The zero-order chi connectivity index (χ0) is 27.1. The number of amides is 1. The molecule has 11 heteroatoms. The number of nitrogens with zero attached hydrogens (tertiary/aromatic N) is 4. The van der Waals surface area contributed by atoms with Gasteiger partial charge in [-0.1, -0.05) is 35.4 Å². The molecule has 0 bridgehead atoms. The Bertz CT molecular complexity index is 1440. The average molecular weight is 581 g/mol. The van der Waals surface area contributed by atoms with Crippen LogP contribution < -0.4 is 0 Å². The molecule has 2 atom stereocenters. The number of aryl methyl sites for hydroxylation is 1. The first kappa shape index (κ1) is 27.4. The van der Waals surface area contributed by atoms with Crippen LogP contribution in [0.3, 0.4) is 0 Å². The van der Waals surface area contributed by atoms with Crippen molar-refractivity contribution in [2.45, 2.75) is 74.9 Å². The Labute approximate surface area is 231 Å². The SMILES string of the molecule is CN=[S@](=O)(c1ccc(C)cc1)N1CCC[C@H]1C(=O)N(Cc1ccc2sc(Cl)nc2c1)C1CCC(F)(F)CC1. The minimum atomic E-state index is -3.01. The average Bonchev–Trinajstić information content (AvgIpc) is 3.53. The van der Waals surface area contributed by atoms with Crippen LogP contribution in [0.1, 0.15) is 49.7 Å². The van der Waals surface area contributed by atoms with E-state index < -0.39 is 21.9 Å². The maximum atomic E-state index is 14.2. The lowest BCUT2D eigenvalue weighted by atomic mass is 9.90. The summed E-state index contributed by atoms with van der Waals surface area (Å²) < 4.78 is 49.8. The third-order valence-corrected chi connectivity index (χ3v) is 11.2. The third kappa shape index (κ3) is 5.46. The number of carbonyl (C=O) groups is 1. The molecular weight excluding hydrogens is 550 g/mol. The highest BCUT2D eigenvalue weighted by Gasteiger charge is 2.44. The number of aromatic nitrogens is 1. The second-order valence-corrected chi connectivity index (χ2v) is 14.0. The molecule has 1 aliphatic heterocycles. The van der Waals surface area contributed by atoms with Gasteiger partial charge in [-0.25, -0.2) is 26.6 Å². The zero-order valence-electron chi connectivity index (χ0n) is 21.4. The number of fused-ring (bicyclic) bond motifs is 1. The van der Waals surface area contributed by atoms with Gasteiger partial charge in [0.25, 0.3) is 0 Å². The van der Waals surface area contributed by atoms with E-state index >= 15 is 0 Å². The highest BCUT2D eigenvalue weighted by atomic mass is 35.5. The van der Waals surface area contributed by atoms with Crippen molar-refractivity contribution in [1.29, 1.82) is 0 Å². The van der Waals surface area contributed by atoms with Crippen molar-refractivity contribution in [2.24, 2.45) is 4.36 Å². The van der Waals surface area contributed by atoms with Gasteiger partial charge in [-0.2, -0.15) is 0 Å². The van der Waals surface area contributed by atoms with E-state index in [-0.39, 0.29) is 44.2 Å². The number of rotatable bonds is 6. The lowest BCUT2D eigenvalue weighted by Gasteiger charge is -2.39. The number of halogens is 3. The van der Waals surface area contributed by atoms with E-state index in [4.69, 9.17) is 11.6 Å². The van der Waals surface area contributed by atoms with E-state index in [0.29, 0.717) is 28.7 Å². The van der Waals surface area contributed by atoms with Gasteiger partial charge in [0.2, 0.25) is 11.8 Å². The fraction of sp³-hybridized carbons (Fsp3) is 0.481. The van der Waals surface area contributed by atoms with Gasteiger partial charge in [-0.3, -0.25) is 4.79 Å². The van der Waals surface area contributed by atoms with Crippen molar-refractivity contribution in [3.63, 3.8) is 0 Å². The summed E-state index contributed by atoms with van der Waals surface area (Å²) in [6.07, 6.45) is 1.19. The van der Waals surface area contributed by atoms with Crippen molar-refractivity contribution in [1.82, 2.24) is 14.2 Å². The Hall–Kier alpha value is -2.14. The monoisotopic (exact) mass is 580 g/mol. The van der Waals surface area contributed by atoms with Gasteiger partial charge in [-0.15, -0.1) is 11.3 Å². The van der Waals surface area contributed by atoms with Crippen LogP contribution in [0.4, 0.5) is 8.78 Å². The topological polar surface area (TPSA) is 65.9 Å². The highest BCUT2D eigenvalue weighted by Crippen LogP contribution is 2.37. The third-order valence-electron chi connectivity index (χ3n) is 7.57. The van der Waals surface area contributed by atoms with Gasteiger partial charge in [-0.05, 0) is 62.4 Å². The van der Waals surface area contributed by atoms with Crippen LogP contribution in [0.15, 0.2) is 51.7 Å². The fourth-order valence-electron chi connectivity index (χ4n) is 5.50. The summed E-state index contributed by atoms with van der Waals surface area (Å²) >= 11 is 7.47. The fourth-order valence-corrected chi connectivity index (χ4v) is 8.61. The van der Waals surface area contributed by atoms with Crippen molar-refractivity contribution in [3.05, 3.63) is 58.1 Å². The molecule has 6 nitrogen and oxygen atoms in total. The number of benzene rings is 2. The van der Waals surface area contributed by atoms with Crippen molar-refractivity contribution in [3.8, 4) is 0 Å². The molecule has 1 aromatic heterocycles. The molecule has 5 rings (SSSR count). The predicted octanol–water partition coefficient (Wildman–Crippen LogP) is 6.70. The first-order chi connectivity index (χ1) is 18.1. The molecular formula is C27H31ClF2N4O2S2. The van der Waals surface area contributed by atoms with Crippen molar-refractivity contribution >= 4 is 49.0 Å². The van der Waals surface area contributed by atoms with Gasteiger partial charge in [0.15, 0.2) is 4.47 Å². The number of hydrogen-bond donors (Lipinski definition) is 0. The molecule has 3 aromatic rings.